The van der Waals surface area contributed by atoms with Crippen LogP contribution in [0.15, 0.2) is 36.7 Å². The first-order chi connectivity index (χ1) is 12.6. The molecule has 0 N–H and O–H groups in total. The third-order valence-electron chi connectivity index (χ3n) is 6.10. The number of halogens is 1. The summed E-state index contributed by atoms with van der Waals surface area (Å²) >= 11 is 0. The van der Waals surface area contributed by atoms with Gasteiger partial charge in [-0.05, 0) is 49.9 Å². The van der Waals surface area contributed by atoms with Crippen molar-refractivity contribution in [1.29, 1.82) is 0 Å². The van der Waals surface area contributed by atoms with Gasteiger partial charge in [-0.2, -0.15) is 5.10 Å². The lowest BCUT2D eigenvalue weighted by atomic mass is 9.79. The van der Waals surface area contributed by atoms with Gasteiger partial charge in [-0.25, -0.2) is 9.07 Å². The van der Waals surface area contributed by atoms with Gasteiger partial charge in [0.15, 0.2) is 0 Å². The molecule has 2 fully saturated rings. The van der Waals surface area contributed by atoms with Crippen LogP contribution >= 0.6 is 0 Å². The van der Waals surface area contributed by atoms with Crippen LogP contribution in [0, 0.1) is 5.82 Å². The summed E-state index contributed by atoms with van der Waals surface area (Å²) in [4.78, 5) is 2.50. The molecule has 5 nitrogen and oxygen atoms in total. The van der Waals surface area contributed by atoms with Crippen LogP contribution in [0.5, 0.6) is 0 Å². The molecular formula is C20H26FN3O2. The Balaban J connectivity index is 1.49. The van der Waals surface area contributed by atoms with Gasteiger partial charge in [0.25, 0.3) is 0 Å². The van der Waals surface area contributed by atoms with E-state index in [4.69, 9.17) is 9.47 Å². The van der Waals surface area contributed by atoms with Crippen LogP contribution in [0.1, 0.15) is 31.2 Å². The van der Waals surface area contributed by atoms with Gasteiger partial charge in [-0.15, -0.1) is 0 Å². The highest BCUT2D eigenvalue weighted by Gasteiger charge is 2.50. The molecule has 1 saturated heterocycles. The van der Waals surface area contributed by atoms with Crippen LogP contribution in [0.4, 0.5) is 4.39 Å². The molecular weight excluding hydrogens is 333 g/mol. The molecule has 2 heterocycles. The Morgan fingerprint density at radius 3 is 2.77 bits per heavy atom. The molecule has 2 aromatic rings. The lowest BCUT2D eigenvalue weighted by molar-refractivity contribution is -0.0947. The van der Waals surface area contributed by atoms with E-state index in [1.165, 1.54) is 12.1 Å². The zero-order chi connectivity index (χ0) is 18.1. The summed E-state index contributed by atoms with van der Waals surface area (Å²) in [6.07, 6.45) is 8.43. The van der Waals surface area contributed by atoms with Gasteiger partial charge in [0.2, 0.25) is 0 Å². The molecule has 0 spiro atoms. The van der Waals surface area contributed by atoms with Crippen LogP contribution < -0.4 is 0 Å². The fraction of sp³-hybridized carbons (Fsp3) is 0.550. The number of hydrogen-bond donors (Lipinski definition) is 0. The van der Waals surface area contributed by atoms with Gasteiger partial charge in [0.05, 0.1) is 23.6 Å². The Kier molecular flexibility index (Phi) is 4.82. The van der Waals surface area contributed by atoms with Crippen LogP contribution in [0.3, 0.4) is 0 Å². The maximum atomic E-state index is 13.1. The maximum absolute atomic E-state index is 13.1. The van der Waals surface area contributed by atoms with Crippen molar-refractivity contribution in [2.45, 2.75) is 50.0 Å². The molecule has 3 atom stereocenters. The average Bonchev–Trinajstić information content (AvgIpc) is 3.28. The van der Waals surface area contributed by atoms with Crippen molar-refractivity contribution >= 4 is 0 Å². The number of methoxy groups -OCH3 is 2. The van der Waals surface area contributed by atoms with E-state index in [0.29, 0.717) is 12.1 Å². The molecule has 0 amide bonds. The molecule has 1 aliphatic carbocycles. The van der Waals surface area contributed by atoms with Gasteiger partial charge < -0.3 is 9.47 Å². The number of ether oxygens (including phenoxy) is 2. The first kappa shape index (κ1) is 17.6. The van der Waals surface area contributed by atoms with Crippen molar-refractivity contribution in [3.8, 4) is 5.69 Å². The molecule has 26 heavy (non-hydrogen) atoms. The largest absolute Gasteiger partial charge is 0.381 e. The topological polar surface area (TPSA) is 39.5 Å². The summed E-state index contributed by atoms with van der Waals surface area (Å²) in [5, 5.41) is 4.44. The van der Waals surface area contributed by atoms with E-state index >= 15 is 0 Å². The van der Waals surface area contributed by atoms with Crippen molar-refractivity contribution < 1.29 is 13.9 Å². The van der Waals surface area contributed by atoms with Gasteiger partial charge in [0.1, 0.15) is 5.82 Å². The van der Waals surface area contributed by atoms with Gasteiger partial charge in [-0.3, -0.25) is 4.90 Å². The van der Waals surface area contributed by atoms with E-state index < -0.39 is 0 Å². The number of benzene rings is 1. The summed E-state index contributed by atoms with van der Waals surface area (Å²) in [6, 6.07) is 6.76. The number of fused-ring (bicyclic) bond motifs is 1. The predicted octanol–water partition coefficient (Wildman–Crippen LogP) is 3.17. The third-order valence-corrected chi connectivity index (χ3v) is 6.10. The lowest BCUT2D eigenvalue weighted by Crippen LogP contribution is -2.51. The second-order valence-corrected chi connectivity index (χ2v) is 7.41. The summed E-state index contributed by atoms with van der Waals surface area (Å²) < 4.78 is 26.5. The van der Waals surface area contributed by atoms with Crippen molar-refractivity contribution in [3.05, 3.63) is 48.0 Å². The summed E-state index contributed by atoms with van der Waals surface area (Å²) in [7, 11) is 3.65. The van der Waals surface area contributed by atoms with Crippen molar-refractivity contribution in [1.82, 2.24) is 14.7 Å². The Bertz CT molecular complexity index is 748. The fourth-order valence-electron chi connectivity index (χ4n) is 4.57. The summed E-state index contributed by atoms with van der Waals surface area (Å²) in [5.41, 5.74) is 1.98. The zero-order valence-electron chi connectivity index (χ0n) is 15.4. The van der Waals surface area contributed by atoms with E-state index in [-0.39, 0.29) is 11.4 Å². The minimum absolute atomic E-state index is 0.0397. The molecule has 1 aromatic carbocycles. The Morgan fingerprint density at radius 2 is 2.04 bits per heavy atom. The Hall–Kier alpha value is -1.76. The molecule has 6 heteroatoms. The summed E-state index contributed by atoms with van der Waals surface area (Å²) in [6.45, 7) is 1.87. The molecule has 1 aliphatic heterocycles. The maximum Gasteiger partial charge on any atom is 0.123 e. The van der Waals surface area contributed by atoms with Crippen molar-refractivity contribution in [2.24, 2.45) is 0 Å². The second kappa shape index (κ2) is 7.10. The quantitative estimate of drug-likeness (QED) is 0.822. The van der Waals surface area contributed by atoms with Crippen LogP contribution in [0.2, 0.25) is 0 Å². The van der Waals surface area contributed by atoms with Gasteiger partial charge in [-0.1, -0.05) is 0 Å². The first-order valence-corrected chi connectivity index (χ1v) is 9.25. The van der Waals surface area contributed by atoms with E-state index in [0.717, 1.165) is 50.0 Å². The molecule has 0 radical (unpaired) electrons. The Morgan fingerprint density at radius 1 is 1.23 bits per heavy atom. The fourth-order valence-corrected chi connectivity index (χ4v) is 4.57. The van der Waals surface area contributed by atoms with Crippen LogP contribution in [-0.4, -0.2) is 53.2 Å². The van der Waals surface area contributed by atoms with E-state index in [1.807, 2.05) is 19.5 Å². The minimum atomic E-state index is -0.237. The monoisotopic (exact) mass is 359 g/mol. The second-order valence-electron chi connectivity index (χ2n) is 7.41. The van der Waals surface area contributed by atoms with Crippen LogP contribution in [-0.2, 0) is 16.0 Å². The van der Waals surface area contributed by atoms with Gasteiger partial charge >= 0.3 is 0 Å². The summed E-state index contributed by atoms with van der Waals surface area (Å²) in [5.74, 6) is -0.237. The van der Waals surface area contributed by atoms with E-state index in [2.05, 4.69) is 10.00 Å². The van der Waals surface area contributed by atoms with E-state index in [9.17, 15) is 4.39 Å². The standard InChI is InChI=1S/C20H26FN3O2/c1-25-18-7-8-20(26-2)9-10-23(19(20)11-18)13-15-12-22-24(14-15)17-5-3-16(21)4-6-17/h3-6,12,14,18-19H,7-11,13H2,1-2H3/t18-,19+,20-/m1/s1. The highest BCUT2D eigenvalue weighted by molar-refractivity contribution is 5.31. The normalized spacial score (nSPS) is 29.0. The molecule has 4 rings (SSSR count). The van der Waals surface area contributed by atoms with Gasteiger partial charge in [0, 0.05) is 45.1 Å². The molecule has 2 aliphatic rings. The SMILES string of the molecule is CO[C@@H]1CC[C@@]2(OC)CCN(Cc3cnn(-c4ccc(F)cc4)c3)[C@H]2C1. The highest BCUT2D eigenvalue weighted by atomic mass is 19.1. The smallest absolute Gasteiger partial charge is 0.123 e. The number of hydrogen-bond acceptors (Lipinski definition) is 4. The Labute approximate surface area is 153 Å². The predicted molar refractivity (Wildman–Crippen MR) is 96.7 cm³/mol. The third kappa shape index (κ3) is 3.17. The average molecular weight is 359 g/mol. The number of likely N-dealkylation sites (tertiary alicyclic amines) is 1. The molecule has 0 bridgehead atoms. The minimum Gasteiger partial charge on any atom is -0.381 e. The first-order valence-electron chi connectivity index (χ1n) is 9.25. The van der Waals surface area contributed by atoms with E-state index in [1.54, 1.807) is 23.9 Å². The molecule has 0 unspecified atom stereocenters. The highest BCUT2D eigenvalue weighted by Crippen LogP contribution is 2.43. The zero-order valence-corrected chi connectivity index (χ0v) is 15.4. The molecule has 140 valence electrons. The number of nitrogens with zero attached hydrogens (tertiary/aromatic N) is 3. The van der Waals surface area contributed by atoms with Crippen molar-refractivity contribution in [2.75, 3.05) is 20.8 Å². The molecule has 1 saturated carbocycles. The lowest BCUT2D eigenvalue weighted by Gasteiger charge is -2.43. The van der Waals surface area contributed by atoms with Crippen molar-refractivity contribution in [3.63, 3.8) is 0 Å². The number of rotatable bonds is 5. The van der Waals surface area contributed by atoms with Crippen LogP contribution in [0.25, 0.3) is 5.69 Å². The molecule has 1 aromatic heterocycles. The number of aromatic nitrogens is 2.